The molecular weight excluding hydrogens is 296 g/mol. The summed E-state index contributed by atoms with van der Waals surface area (Å²) in [7, 11) is 1.39. The van der Waals surface area contributed by atoms with Crippen molar-refractivity contribution >= 4 is 28.9 Å². The van der Waals surface area contributed by atoms with Crippen molar-refractivity contribution in [2.75, 3.05) is 13.7 Å². The van der Waals surface area contributed by atoms with Crippen molar-refractivity contribution in [3.8, 4) is 5.75 Å². The van der Waals surface area contributed by atoms with Crippen LogP contribution < -0.4 is 4.74 Å². The minimum atomic E-state index is -0.311. The fraction of sp³-hybridized carbons (Fsp3) is 0.267. The Balaban J connectivity index is 1.97. The predicted molar refractivity (Wildman–Crippen MR) is 80.5 cm³/mol. The first kappa shape index (κ1) is 14.9. The molecule has 0 saturated carbocycles. The van der Waals surface area contributed by atoms with Crippen molar-refractivity contribution in [2.24, 2.45) is 5.92 Å². The van der Waals surface area contributed by atoms with Gasteiger partial charge in [-0.25, -0.2) is 0 Å². The van der Waals surface area contributed by atoms with Crippen LogP contribution in [0.25, 0.3) is 0 Å². The van der Waals surface area contributed by atoms with E-state index in [0.717, 1.165) is 4.88 Å². The second-order valence-corrected chi connectivity index (χ2v) is 5.74. The van der Waals surface area contributed by atoms with Gasteiger partial charge in [-0.2, -0.15) is 0 Å². The zero-order chi connectivity index (χ0) is 14.4. The normalized spacial score (nSPS) is 11.9. The molecule has 0 bridgehead atoms. The number of methoxy groups -OCH3 is 1. The van der Waals surface area contributed by atoms with E-state index >= 15 is 0 Å². The van der Waals surface area contributed by atoms with Gasteiger partial charge in [0, 0.05) is 9.90 Å². The van der Waals surface area contributed by atoms with E-state index in [9.17, 15) is 4.79 Å². The molecule has 1 aromatic carbocycles. The second-order valence-electron chi connectivity index (χ2n) is 4.27. The highest BCUT2D eigenvalue weighted by Gasteiger charge is 2.21. The molecule has 0 saturated heterocycles. The third-order valence-electron chi connectivity index (χ3n) is 2.83. The van der Waals surface area contributed by atoms with Crippen LogP contribution in [0.3, 0.4) is 0 Å². The van der Waals surface area contributed by atoms with Crippen LogP contribution in [0.5, 0.6) is 5.75 Å². The highest BCUT2D eigenvalue weighted by molar-refractivity contribution is 7.09. The van der Waals surface area contributed by atoms with Crippen LogP contribution in [-0.4, -0.2) is 19.7 Å². The zero-order valence-corrected chi connectivity index (χ0v) is 12.6. The summed E-state index contributed by atoms with van der Waals surface area (Å²) in [6.45, 7) is 0.284. The molecule has 1 aromatic heterocycles. The molecule has 0 fully saturated rings. The van der Waals surface area contributed by atoms with E-state index < -0.39 is 0 Å². The van der Waals surface area contributed by atoms with E-state index in [1.807, 2.05) is 17.5 Å². The minimum Gasteiger partial charge on any atom is -0.493 e. The molecule has 1 atom stereocenters. The number of benzene rings is 1. The van der Waals surface area contributed by atoms with Gasteiger partial charge in [0.2, 0.25) is 0 Å². The standard InChI is InChI=1S/C15H15ClO3S/c1-18-15(17)11(9-14-3-2-8-20-14)10-19-13-6-4-12(16)5-7-13/h2-8,11H,9-10H2,1H3. The second kappa shape index (κ2) is 7.31. The number of rotatable bonds is 6. The number of thiophene rings is 1. The summed E-state index contributed by atoms with van der Waals surface area (Å²) in [6, 6.07) is 11.0. The molecule has 1 heterocycles. The lowest BCUT2D eigenvalue weighted by molar-refractivity contribution is -0.146. The van der Waals surface area contributed by atoms with Gasteiger partial charge < -0.3 is 9.47 Å². The highest BCUT2D eigenvalue weighted by Crippen LogP contribution is 2.19. The Morgan fingerprint density at radius 3 is 2.65 bits per heavy atom. The van der Waals surface area contributed by atoms with E-state index in [-0.39, 0.29) is 18.5 Å². The van der Waals surface area contributed by atoms with Gasteiger partial charge >= 0.3 is 5.97 Å². The maximum Gasteiger partial charge on any atom is 0.312 e. The van der Waals surface area contributed by atoms with E-state index in [4.69, 9.17) is 21.1 Å². The zero-order valence-electron chi connectivity index (χ0n) is 11.0. The summed E-state index contributed by atoms with van der Waals surface area (Å²) >= 11 is 7.44. The van der Waals surface area contributed by atoms with Gasteiger partial charge in [0.1, 0.15) is 12.4 Å². The fourth-order valence-corrected chi connectivity index (χ4v) is 2.69. The summed E-state index contributed by atoms with van der Waals surface area (Å²) in [5.74, 6) is 0.121. The van der Waals surface area contributed by atoms with Crippen molar-refractivity contribution < 1.29 is 14.3 Å². The molecule has 1 unspecified atom stereocenters. The number of hydrogen-bond acceptors (Lipinski definition) is 4. The largest absolute Gasteiger partial charge is 0.493 e. The van der Waals surface area contributed by atoms with Crippen LogP contribution in [0.4, 0.5) is 0 Å². The number of hydrogen-bond donors (Lipinski definition) is 0. The molecule has 0 aliphatic carbocycles. The average molecular weight is 311 g/mol. The van der Waals surface area contributed by atoms with Gasteiger partial charge in [0.05, 0.1) is 13.0 Å². The topological polar surface area (TPSA) is 35.5 Å². The van der Waals surface area contributed by atoms with Crippen LogP contribution in [0.2, 0.25) is 5.02 Å². The van der Waals surface area contributed by atoms with E-state index in [2.05, 4.69) is 0 Å². The fourth-order valence-electron chi connectivity index (χ4n) is 1.78. The lowest BCUT2D eigenvalue weighted by atomic mass is 10.1. The van der Waals surface area contributed by atoms with Gasteiger partial charge in [-0.3, -0.25) is 4.79 Å². The minimum absolute atomic E-state index is 0.257. The molecule has 0 aliphatic heterocycles. The van der Waals surface area contributed by atoms with Crippen molar-refractivity contribution in [3.05, 3.63) is 51.7 Å². The number of halogens is 1. The SMILES string of the molecule is COC(=O)C(COc1ccc(Cl)cc1)Cc1cccs1. The Bertz CT molecular complexity index is 537. The summed E-state index contributed by atoms with van der Waals surface area (Å²) < 4.78 is 10.5. The Morgan fingerprint density at radius 2 is 2.05 bits per heavy atom. The number of ether oxygens (including phenoxy) is 2. The summed E-state index contributed by atoms with van der Waals surface area (Å²) in [6.07, 6.45) is 0.623. The molecule has 0 aliphatic rings. The Labute approximate surface area is 127 Å². The first-order valence-electron chi connectivity index (χ1n) is 6.17. The monoisotopic (exact) mass is 310 g/mol. The summed E-state index contributed by atoms with van der Waals surface area (Å²) in [5.41, 5.74) is 0. The molecule has 0 amide bonds. The number of esters is 1. The van der Waals surface area contributed by atoms with Crippen molar-refractivity contribution in [3.63, 3.8) is 0 Å². The van der Waals surface area contributed by atoms with E-state index in [1.54, 1.807) is 35.6 Å². The third-order valence-corrected chi connectivity index (χ3v) is 3.98. The lowest BCUT2D eigenvalue weighted by Crippen LogP contribution is -2.25. The Hall–Kier alpha value is -1.52. The smallest absolute Gasteiger partial charge is 0.312 e. The van der Waals surface area contributed by atoms with Crippen LogP contribution in [0.15, 0.2) is 41.8 Å². The molecule has 0 N–H and O–H groups in total. The van der Waals surface area contributed by atoms with Gasteiger partial charge in [0.15, 0.2) is 0 Å². The number of carbonyl (C=O) groups is 1. The van der Waals surface area contributed by atoms with Gasteiger partial charge in [-0.1, -0.05) is 17.7 Å². The predicted octanol–water partition coefficient (Wildman–Crippen LogP) is 3.81. The van der Waals surface area contributed by atoms with Crippen molar-refractivity contribution in [2.45, 2.75) is 6.42 Å². The van der Waals surface area contributed by atoms with Crippen LogP contribution in [0.1, 0.15) is 4.88 Å². The lowest BCUT2D eigenvalue weighted by Gasteiger charge is -2.15. The van der Waals surface area contributed by atoms with Crippen LogP contribution in [-0.2, 0) is 16.0 Å². The molecule has 20 heavy (non-hydrogen) atoms. The van der Waals surface area contributed by atoms with Crippen molar-refractivity contribution in [1.82, 2.24) is 0 Å². The molecule has 0 spiro atoms. The molecule has 2 rings (SSSR count). The third kappa shape index (κ3) is 4.25. The maximum atomic E-state index is 11.8. The molecule has 106 valence electrons. The van der Waals surface area contributed by atoms with E-state index in [0.29, 0.717) is 17.2 Å². The molecule has 0 radical (unpaired) electrons. The van der Waals surface area contributed by atoms with Gasteiger partial charge in [0.25, 0.3) is 0 Å². The molecule has 5 heteroatoms. The van der Waals surface area contributed by atoms with Crippen molar-refractivity contribution in [1.29, 1.82) is 0 Å². The maximum absolute atomic E-state index is 11.8. The van der Waals surface area contributed by atoms with E-state index in [1.165, 1.54) is 7.11 Å². The van der Waals surface area contributed by atoms with Crippen LogP contribution >= 0.6 is 22.9 Å². The Kier molecular flexibility index (Phi) is 5.44. The quantitative estimate of drug-likeness (QED) is 0.761. The summed E-state index contributed by atoms with van der Waals surface area (Å²) in [5, 5.41) is 2.64. The van der Waals surface area contributed by atoms with Gasteiger partial charge in [-0.05, 0) is 42.1 Å². The van der Waals surface area contributed by atoms with Gasteiger partial charge in [-0.15, -0.1) is 11.3 Å². The highest BCUT2D eigenvalue weighted by atomic mass is 35.5. The molecule has 2 aromatic rings. The Morgan fingerprint density at radius 1 is 1.30 bits per heavy atom. The molecular formula is C15H15ClO3S. The summed E-state index contributed by atoms with van der Waals surface area (Å²) in [4.78, 5) is 12.9. The first-order chi connectivity index (χ1) is 9.69. The molecule has 3 nitrogen and oxygen atoms in total. The average Bonchev–Trinajstić information content (AvgIpc) is 2.97. The first-order valence-corrected chi connectivity index (χ1v) is 7.43. The van der Waals surface area contributed by atoms with Crippen LogP contribution in [0, 0.1) is 5.92 Å². The number of carbonyl (C=O) groups excluding carboxylic acids is 1.